The third kappa shape index (κ3) is 2.55. The van der Waals surface area contributed by atoms with Gasteiger partial charge in [-0.1, -0.05) is 0 Å². The van der Waals surface area contributed by atoms with Crippen molar-refractivity contribution >= 4 is 21.8 Å². The van der Waals surface area contributed by atoms with Crippen LogP contribution in [-0.2, 0) is 0 Å². The zero-order chi connectivity index (χ0) is 13.3. The maximum absolute atomic E-state index is 13.3. The molecule has 1 amide bonds. The standard InChI is InChI=1S/C13H14BrF2NO/c1-8-4-2-3-5-17(8)13(18)9-6-10(14)12(16)11(15)7-9/h6-8H,2-5H2,1H3. The second-order valence-electron chi connectivity index (χ2n) is 4.60. The van der Waals surface area contributed by atoms with Gasteiger partial charge >= 0.3 is 0 Å². The molecule has 0 N–H and O–H groups in total. The zero-order valence-corrected chi connectivity index (χ0v) is 11.6. The molecule has 1 aromatic rings. The van der Waals surface area contributed by atoms with Crippen molar-refractivity contribution in [2.45, 2.75) is 32.2 Å². The van der Waals surface area contributed by atoms with E-state index in [2.05, 4.69) is 15.9 Å². The highest BCUT2D eigenvalue weighted by molar-refractivity contribution is 9.10. The molecule has 1 fully saturated rings. The Hall–Kier alpha value is -0.970. The molecule has 1 saturated heterocycles. The van der Waals surface area contributed by atoms with Crippen LogP contribution in [0.4, 0.5) is 8.78 Å². The molecule has 1 aliphatic rings. The van der Waals surface area contributed by atoms with E-state index in [0.717, 1.165) is 25.3 Å². The van der Waals surface area contributed by atoms with Gasteiger partial charge in [-0.25, -0.2) is 8.78 Å². The molecule has 98 valence electrons. The molecule has 0 aromatic heterocycles. The van der Waals surface area contributed by atoms with Crippen LogP contribution in [0.2, 0.25) is 0 Å². The molecular weight excluding hydrogens is 304 g/mol. The maximum atomic E-state index is 13.3. The van der Waals surface area contributed by atoms with E-state index in [-0.39, 0.29) is 22.0 Å². The highest BCUT2D eigenvalue weighted by atomic mass is 79.9. The van der Waals surface area contributed by atoms with E-state index in [4.69, 9.17) is 0 Å². The van der Waals surface area contributed by atoms with Crippen molar-refractivity contribution in [2.24, 2.45) is 0 Å². The van der Waals surface area contributed by atoms with Crippen molar-refractivity contribution in [2.75, 3.05) is 6.54 Å². The molecule has 18 heavy (non-hydrogen) atoms. The first-order chi connectivity index (χ1) is 8.50. The van der Waals surface area contributed by atoms with E-state index in [1.807, 2.05) is 6.92 Å². The van der Waals surface area contributed by atoms with Gasteiger partial charge in [0.25, 0.3) is 5.91 Å². The van der Waals surface area contributed by atoms with Crippen molar-refractivity contribution in [1.82, 2.24) is 4.90 Å². The summed E-state index contributed by atoms with van der Waals surface area (Å²) in [6.45, 7) is 2.66. The lowest BCUT2D eigenvalue weighted by molar-refractivity contribution is 0.0635. The average Bonchev–Trinajstić information content (AvgIpc) is 2.35. The number of piperidine rings is 1. The summed E-state index contributed by atoms with van der Waals surface area (Å²) in [7, 11) is 0. The van der Waals surface area contributed by atoms with Crippen LogP contribution in [0.25, 0.3) is 0 Å². The first-order valence-corrected chi connectivity index (χ1v) is 6.75. The minimum atomic E-state index is -1.00. The van der Waals surface area contributed by atoms with Crippen LogP contribution in [0.15, 0.2) is 16.6 Å². The van der Waals surface area contributed by atoms with Gasteiger partial charge in [-0.15, -0.1) is 0 Å². The number of rotatable bonds is 1. The van der Waals surface area contributed by atoms with Crippen LogP contribution < -0.4 is 0 Å². The number of carbonyl (C=O) groups excluding carboxylic acids is 1. The lowest BCUT2D eigenvalue weighted by atomic mass is 10.0. The van der Waals surface area contributed by atoms with Crippen LogP contribution in [0, 0.1) is 11.6 Å². The lowest BCUT2D eigenvalue weighted by Crippen LogP contribution is -2.42. The third-order valence-electron chi connectivity index (χ3n) is 3.29. The fourth-order valence-corrected chi connectivity index (χ4v) is 2.68. The second-order valence-corrected chi connectivity index (χ2v) is 5.45. The topological polar surface area (TPSA) is 20.3 Å². The van der Waals surface area contributed by atoms with Gasteiger partial charge in [0.15, 0.2) is 11.6 Å². The Morgan fingerprint density at radius 2 is 2.11 bits per heavy atom. The predicted molar refractivity (Wildman–Crippen MR) is 68.4 cm³/mol. The van der Waals surface area contributed by atoms with Crippen LogP contribution in [0.3, 0.4) is 0 Å². The number of carbonyl (C=O) groups is 1. The van der Waals surface area contributed by atoms with Gasteiger partial charge in [0.2, 0.25) is 0 Å². The summed E-state index contributed by atoms with van der Waals surface area (Å²) in [6, 6.07) is 2.45. The van der Waals surface area contributed by atoms with Crippen LogP contribution in [0.5, 0.6) is 0 Å². The van der Waals surface area contributed by atoms with E-state index in [1.54, 1.807) is 4.90 Å². The molecule has 0 radical (unpaired) electrons. The fourth-order valence-electron chi connectivity index (χ4n) is 2.24. The second kappa shape index (κ2) is 5.34. The molecule has 1 aromatic carbocycles. The lowest BCUT2D eigenvalue weighted by Gasteiger charge is -2.33. The molecule has 0 aliphatic carbocycles. The summed E-state index contributed by atoms with van der Waals surface area (Å²) >= 11 is 2.92. The first kappa shape index (κ1) is 13.5. The third-order valence-corrected chi connectivity index (χ3v) is 3.87. The average molecular weight is 318 g/mol. The summed E-state index contributed by atoms with van der Waals surface area (Å²) < 4.78 is 26.4. The van der Waals surface area contributed by atoms with E-state index < -0.39 is 11.6 Å². The minimum absolute atomic E-state index is 0.0180. The molecule has 0 bridgehead atoms. The van der Waals surface area contributed by atoms with E-state index >= 15 is 0 Å². The molecule has 1 heterocycles. The Balaban J connectivity index is 2.28. The summed E-state index contributed by atoms with van der Waals surface area (Å²) in [5.74, 6) is -2.20. The van der Waals surface area contributed by atoms with Gasteiger partial charge in [-0.3, -0.25) is 4.79 Å². The van der Waals surface area contributed by atoms with Crippen molar-refractivity contribution in [3.63, 3.8) is 0 Å². The summed E-state index contributed by atoms with van der Waals surface area (Å²) in [4.78, 5) is 14.0. The Morgan fingerprint density at radius 3 is 2.72 bits per heavy atom. The number of benzene rings is 1. The number of hydrogen-bond acceptors (Lipinski definition) is 1. The number of halogens is 3. The fraction of sp³-hybridized carbons (Fsp3) is 0.462. The summed E-state index contributed by atoms with van der Waals surface area (Å²) in [6.07, 6.45) is 3.02. The van der Waals surface area contributed by atoms with Gasteiger partial charge < -0.3 is 4.90 Å². The van der Waals surface area contributed by atoms with E-state index in [1.165, 1.54) is 6.07 Å². The number of likely N-dealkylation sites (tertiary alicyclic amines) is 1. The Labute approximate surface area is 113 Å². The molecule has 1 atom stereocenters. The van der Waals surface area contributed by atoms with Crippen molar-refractivity contribution in [3.8, 4) is 0 Å². The SMILES string of the molecule is CC1CCCCN1C(=O)c1cc(F)c(F)c(Br)c1. The van der Waals surface area contributed by atoms with Gasteiger partial charge in [0.05, 0.1) is 4.47 Å². The molecule has 2 nitrogen and oxygen atoms in total. The monoisotopic (exact) mass is 317 g/mol. The quantitative estimate of drug-likeness (QED) is 0.722. The van der Waals surface area contributed by atoms with Crippen molar-refractivity contribution in [1.29, 1.82) is 0 Å². The summed E-state index contributed by atoms with van der Waals surface area (Å²) in [5.41, 5.74) is 0.189. The Morgan fingerprint density at radius 1 is 1.39 bits per heavy atom. The van der Waals surface area contributed by atoms with Gasteiger partial charge in [0, 0.05) is 18.2 Å². The van der Waals surface area contributed by atoms with Crippen molar-refractivity contribution in [3.05, 3.63) is 33.8 Å². The Bertz CT molecular complexity index is 455. The van der Waals surface area contributed by atoms with Crippen LogP contribution in [-0.4, -0.2) is 23.4 Å². The normalized spacial score (nSPS) is 20.0. The zero-order valence-electron chi connectivity index (χ0n) is 10.0. The smallest absolute Gasteiger partial charge is 0.254 e. The maximum Gasteiger partial charge on any atom is 0.254 e. The number of hydrogen-bond donors (Lipinski definition) is 0. The molecule has 5 heteroatoms. The molecule has 1 unspecified atom stereocenters. The van der Waals surface area contributed by atoms with Gasteiger partial charge in [-0.2, -0.15) is 0 Å². The largest absolute Gasteiger partial charge is 0.336 e. The summed E-state index contributed by atoms with van der Waals surface area (Å²) in [5, 5.41) is 0. The highest BCUT2D eigenvalue weighted by Gasteiger charge is 2.25. The number of nitrogens with zero attached hydrogens (tertiary/aromatic N) is 1. The molecule has 0 saturated carbocycles. The van der Waals surface area contributed by atoms with Gasteiger partial charge in [0.1, 0.15) is 0 Å². The first-order valence-electron chi connectivity index (χ1n) is 5.96. The molecule has 0 spiro atoms. The highest BCUT2D eigenvalue weighted by Crippen LogP contribution is 2.24. The van der Waals surface area contributed by atoms with Gasteiger partial charge in [-0.05, 0) is 54.2 Å². The predicted octanol–water partition coefficient (Wildman–Crippen LogP) is 3.74. The Kier molecular flexibility index (Phi) is 4.00. The van der Waals surface area contributed by atoms with Crippen LogP contribution >= 0.6 is 15.9 Å². The van der Waals surface area contributed by atoms with Crippen LogP contribution in [0.1, 0.15) is 36.5 Å². The molecule has 2 rings (SSSR count). The molecular formula is C13H14BrF2NO. The van der Waals surface area contributed by atoms with Crippen molar-refractivity contribution < 1.29 is 13.6 Å². The minimum Gasteiger partial charge on any atom is -0.336 e. The number of amides is 1. The van der Waals surface area contributed by atoms with E-state index in [9.17, 15) is 13.6 Å². The van der Waals surface area contributed by atoms with E-state index in [0.29, 0.717) is 6.54 Å². The molecule has 1 aliphatic heterocycles.